The van der Waals surface area contributed by atoms with E-state index >= 15 is 0 Å². The van der Waals surface area contributed by atoms with E-state index in [9.17, 15) is 4.79 Å². The summed E-state index contributed by atoms with van der Waals surface area (Å²) in [5, 5.41) is 3.59. The van der Waals surface area contributed by atoms with Gasteiger partial charge in [0.05, 0.1) is 13.0 Å². The summed E-state index contributed by atoms with van der Waals surface area (Å²) < 4.78 is 5.35. The van der Waals surface area contributed by atoms with Crippen molar-refractivity contribution in [1.29, 1.82) is 0 Å². The zero-order valence-electron chi connectivity index (χ0n) is 9.13. The van der Waals surface area contributed by atoms with Crippen molar-refractivity contribution in [3.05, 3.63) is 10.4 Å². The molecular formula is C11H15N3O2. The molecule has 2 saturated carbocycles. The third-order valence-electron chi connectivity index (χ3n) is 4.72. The number of carbonyl (C=O) groups is 1. The Morgan fingerprint density at radius 1 is 1.56 bits per heavy atom. The molecule has 4 atom stereocenters. The lowest BCUT2D eigenvalue weighted by Crippen LogP contribution is -2.37. The molecule has 0 aromatic heterocycles. The van der Waals surface area contributed by atoms with Crippen LogP contribution in [0.2, 0.25) is 0 Å². The Bertz CT molecular complexity index is 377. The molecule has 0 aromatic carbocycles. The van der Waals surface area contributed by atoms with Crippen LogP contribution in [0, 0.1) is 17.3 Å². The molecule has 1 heterocycles. The molecule has 0 amide bonds. The molecule has 86 valence electrons. The number of azide groups is 1. The maximum atomic E-state index is 11.5. The van der Waals surface area contributed by atoms with Crippen molar-refractivity contribution in [2.45, 2.75) is 38.2 Å². The van der Waals surface area contributed by atoms with Gasteiger partial charge in [-0.3, -0.25) is 4.79 Å². The summed E-state index contributed by atoms with van der Waals surface area (Å²) in [7, 11) is 0. The maximum absolute atomic E-state index is 11.5. The van der Waals surface area contributed by atoms with Gasteiger partial charge in [-0.25, -0.2) is 0 Å². The summed E-state index contributed by atoms with van der Waals surface area (Å²) in [5.74, 6) is 1.28. The average molecular weight is 221 g/mol. The van der Waals surface area contributed by atoms with E-state index in [1.54, 1.807) is 0 Å². The Kier molecular flexibility index (Phi) is 2.11. The van der Waals surface area contributed by atoms with Crippen LogP contribution in [0.4, 0.5) is 0 Å². The number of rotatable bonds is 2. The molecule has 3 rings (SSSR count). The Balaban J connectivity index is 1.86. The highest BCUT2D eigenvalue weighted by Crippen LogP contribution is 2.61. The Labute approximate surface area is 93.8 Å². The van der Waals surface area contributed by atoms with Gasteiger partial charge in [-0.05, 0) is 36.6 Å². The Morgan fingerprint density at radius 3 is 3.06 bits per heavy atom. The van der Waals surface area contributed by atoms with E-state index in [1.807, 2.05) is 0 Å². The van der Waals surface area contributed by atoms with Gasteiger partial charge in [-0.15, -0.1) is 0 Å². The van der Waals surface area contributed by atoms with Crippen molar-refractivity contribution >= 4 is 5.97 Å². The summed E-state index contributed by atoms with van der Waals surface area (Å²) in [6, 6.07) is 0. The lowest BCUT2D eigenvalue weighted by Gasteiger charge is -2.35. The van der Waals surface area contributed by atoms with E-state index in [1.165, 1.54) is 19.3 Å². The molecule has 3 aliphatic rings. The summed E-state index contributed by atoms with van der Waals surface area (Å²) >= 11 is 0. The van der Waals surface area contributed by atoms with Crippen LogP contribution < -0.4 is 0 Å². The Morgan fingerprint density at radius 2 is 2.44 bits per heavy atom. The lowest BCUT2D eigenvalue weighted by molar-refractivity contribution is -0.141. The molecule has 5 nitrogen and oxygen atoms in total. The van der Waals surface area contributed by atoms with Crippen LogP contribution in [0.5, 0.6) is 0 Å². The average Bonchev–Trinajstić information content (AvgIpc) is 2.90. The zero-order valence-corrected chi connectivity index (χ0v) is 9.13. The van der Waals surface area contributed by atoms with E-state index in [4.69, 9.17) is 10.3 Å². The molecule has 1 saturated heterocycles. The molecule has 2 aliphatic carbocycles. The third-order valence-corrected chi connectivity index (χ3v) is 4.72. The van der Waals surface area contributed by atoms with Gasteiger partial charge in [0.25, 0.3) is 0 Å². The molecule has 2 bridgehead atoms. The van der Waals surface area contributed by atoms with Crippen molar-refractivity contribution in [2.75, 3.05) is 6.54 Å². The molecule has 0 aromatic rings. The summed E-state index contributed by atoms with van der Waals surface area (Å²) in [6.45, 7) is 0.311. The van der Waals surface area contributed by atoms with Crippen molar-refractivity contribution in [3.8, 4) is 0 Å². The van der Waals surface area contributed by atoms with Gasteiger partial charge in [-0.1, -0.05) is 11.5 Å². The predicted octanol–water partition coefficient (Wildman–Crippen LogP) is 2.42. The number of esters is 1. The largest absolute Gasteiger partial charge is 0.462 e. The quantitative estimate of drug-likeness (QED) is 0.311. The molecule has 4 unspecified atom stereocenters. The minimum Gasteiger partial charge on any atom is -0.462 e. The maximum Gasteiger partial charge on any atom is 0.306 e. The van der Waals surface area contributed by atoms with E-state index in [-0.39, 0.29) is 17.5 Å². The predicted molar refractivity (Wildman–Crippen MR) is 56.4 cm³/mol. The highest BCUT2D eigenvalue weighted by Gasteiger charge is 2.60. The fourth-order valence-corrected chi connectivity index (χ4v) is 4.13. The van der Waals surface area contributed by atoms with Crippen molar-refractivity contribution in [2.24, 2.45) is 22.4 Å². The second kappa shape index (κ2) is 3.39. The highest BCUT2D eigenvalue weighted by atomic mass is 16.6. The van der Waals surface area contributed by atoms with Crippen molar-refractivity contribution < 1.29 is 9.53 Å². The molecule has 16 heavy (non-hydrogen) atoms. The van der Waals surface area contributed by atoms with Crippen LogP contribution in [0.3, 0.4) is 0 Å². The number of cyclic esters (lactones) is 1. The fraction of sp³-hybridized carbons (Fsp3) is 0.909. The first-order valence-corrected chi connectivity index (χ1v) is 5.95. The minimum absolute atomic E-state index is 0.00813. The molecule has 0 N–H and O–H groups in total. The van der Waals surface area contributed by atoms with Gasteiger partial charge in [0.1, 0.15) is 6.10 Å². The fourth-order valence-electron chi connectivity index (χ4n) is 4.13. The highest BCUT2D eigenvalue weighted by molar-refractivity contribution is 5.73. The molecular weight excluding hydrogens is 206 g/mol. The molecule has 5 heteroatoms. The van der Waals surface area contributed by atoms with Crippen LogP contribution in [0.1, 0.15) is 32.1 Å². The van der Waals surface area contributed by atoms with Gasteiger partial charge in [0, 0.05) is 10.3 Å². The van der Waals surface area contributed by atoms with Crippen LogP contribution in [0.15, 0.2) is 5.11 Å². The number of fused-ring (bicyclic) bond motifs is 3. The number of ether oxygens (including phenoxy) is 1. The van der Waals surface area contributed by atoms with E-state index in [2.05, 4.69) is 10.0 Å². The second-order valence-corrected chi connectivity index (χ2v) is 5.38. The van der Waals surface area contributed by atoms with E-state index in [0.717, 1.165) is 12.3 Å². The molecule has 3 fully saturated rings. The summed E-state index contributed by atoms with van der Waals surface area (Å²) in [5.41, 5.74) is 8.38. The Hall–Kier alpha value is -1.22. The monoisotopic (exact) mass is 221 g/mol. The van der Waals surface area contributed by atoms with Gasteiger partial charge < -0.3 is 4.74 Å². The first-order valence-electron chi connectivity index (χ1n) is 5.95. The van der Waals surface area contributed by atoms with Crippen LogP contribution >= 0.6 is 0 Å². The standard InChI is InChI=1S/C11H15N3O2/c12-14-13-6-9-11(5-10(15)16-9)4-7-1-2-8(11)3-7/h7-9H,1-6H2. The zero-order chi connectivity index (χ0) is 11.2. The third kappa shape index (κ3) is 1.24. The van der Waals surface area contributed by atoms with Crippen LogP contribution in [0.25, 0.3) is 10.4 Å². The van der Waals surface area contributed by atoms with Gasteiger partial charge >= 0.3 is 5.97 Å². The lowest BCUT2D eigenvalue weighted by atomic mass is 9.68. The van der Waals surface area contributed by atoms with Gasteiger partial charge in [0.2, 0.25) is 0 Å². The van der Waals surface area contributed by atoms with Gasteiger partial charge in [0.15, 0.2) is 0 Å². The van der Waals surface area contributed by atoms with Crippen LogP contribution in [-0.4, -0.2) is 18.6 Å². The number of carbonyl (C=O) groups excluding carboxylic acids is 1. The van der Waals surface area contributed by atoms with Crippen LogP contribution in [-0.2, 0) is 9.53 Å². The van der Waals surface area contributed by atoms with E-state index < -0.39 is 0 Å². The number of hydrogen-bond donors (Lipinski definition) is 0. The summed E-state index contributed by atoms with van der Waals surface area (Å²) in [4.78, 5) is 14.3. The van der Waals surface area contributed by atoms with Crippen molar-refractivity contribution in [1.82, 2.24) is 0 Å². The second-order valence-electron chi connectivity index (χ2n) is 5.38. The molecule has 1 aliphatic heterocycles. The molecule has 0 radical (unpaired) electrons. The van der Waals surface area contributed by atoms with Gasteiger partial charge in [-0.2, -0.15) is 0 Å². The smallest absolute Gasteiger partial charge is 0.306 e. The normalized spacial score (nSPS) is 44.8. The first kappa shape index (κ1) is 9.97. The molecule has 1 spiro atoms. The topological polar surface area (TPSA) is 75.1 Å². The van der Waals surface area contributed by atoms with E-state index in [0.29, 0.717) is 18.9 Å². The minimum atomic E-state index is -0.161. The summed E-state index contributed by atoms with van der Waals surface area (Å²) in [6.07, 6.45) is 5.23. The number of hydrogen-bond acceptors (Lipinski definition) is 3. The first-order chi connectivity index (χ1) is 7.74. The number of nitrogens with zero attached hydrogens (tertiary/aromatic N) is 3. The SMILES string of the molecule is [N-]=[N+]=NCC1OC(=O)CC12CC1CCC2C1. The van der Waals surface area contributed by atoms with Crippen molar-refractivity contribution in [3.63, 3.8) is 0 Å².